The lowest BCUT2D eigenvalue weighted by Gasteiger charge is -2.26. The fourth-order valence-corrected chi connectivity index (χ4v) is 2.81. The molecule has 6 nitrogen and oxygen atoms in total. The molecule has 2 unspecified atom stereocenters. The molecule has 110 valence electrons. The maximum absolute atomic E-state index is 12.4. The largest absolute Gasteiger partial charge is 0.328 e. The average molecular weight is 285 g/mol. The fraction of sp³-hybridized carbons (Fsp3) is 0.400. The lowest BCUT2D eigenvalue weighted by Crippen LogP contribution is -2.34. The normalized spacial score (nSPS) is 22.0. The number of carbonyl (C=O) groups excluding carboxylic acids is 1. The molecule has 3 rings (SSSR count). The van der Waals surface area contributed by atoms with Gasteiger partial charge in [0.1, 0.15) is 12.7 Å². The summed E-state index contributed by atoms with van der Waals surface area (Å²) in [6.07, 6.45) is 6.78. The highest BCUT2D eigenvalue weighted by atomic mass is 16.1. The molecule has 1 saturated carbocycles. The van der Waals surface area contributed by atoms with Crippen molar-refractivity contribution in [1.82, 2.24) is 14.8 Å². The van der Waals surface area contributed by atoms with Gasteiger partial charge in [0, 0.05) is 12.0 Å². The monoisotopic (exact) mass is 285 g/mol. The molecule has 3 N–H and O–H groups in total. The first-order valence-corrected chi connectivity index (χ1v) is 7.24. The van der Waals surface area contributed by atoms with Crippen LogP contribution in [0.1, 0.15) is 25.7 Å². The van der Waals surface area contributed by atoms with Gasteiger partial charge in [-0.2, -0.15) is 5.10 Å². The first-order chi connectivity index (χ1) is 10.2. The molecule has 1 aliphatic carbocycles. The lowest BCUT2D eigenvalue weighted by molar-refractivity contribution is -0.120. The van der Waals surface area contributed by atoms with Crippen LogP contribution in [-0.4, -0.2) is 26.7 Å². The topological polar surface area (TPSA) is 85.8 Å². The molecule has 1 aromatic carbocycles. The molecule has 0 aliphatic heterocycles. The lowest BCUT2D eigenvalue weighted by atomic mass is 9.85. The van der Waals surface area contributed by atoms with Crippen LogP contribution in [0.25, 0.3) is 5.69 Å². The van der Waals surface area contributed by atoms with E-state index in [1.54, 1.807) is 11.0 Å². The van der Waals surface area contributed by atoms with Crippen molar-refractivity contribution in [3.05, 3.63) is 36.9 Å². The number of nitrogens with two attached hydrogens (primary N) is 1. The second-order valence-corrected chi connectivity index (χ2v) is 5.47. The maximum atomic E-state index is 12.4. The Kier molecular flexibility index (Phi) is 3.96. The van der Waals surface area contributed by atoms with Crippen LogP contribution >= 0.6 is 0 Å². The molecule has 6 heteroatoms. The maximum Gasteiger partial charge on any atom is 0.227 e. The van der Waals surface area contributed by atoms with E-state index in [9.17, 15) is 4.79 Å². The molecule has 1 aromatic heterocycles. The number of anilines is 1. The van der Waals surface area contributed by atoms with Crippen molar-refractivity contribution in [2.24, 2.45) is 11.7 Å². The number of hydrogen-bond acceptors (Lipinski definition) is 4. The molecule has 2 aromatic rings. The van der Waals surface area contributed by atoms with Crippen molar-refractivity contribution in [3.8, 4) is 5.69 Å². The third kappa shape index (κ3) is 3.11. The first-order valence-electron chi connectivity index (χ1n) is 7.24. The van der Waals surface area contributed by atoms with Crippen molar-refractivity contribution in [1.29, 1.82) is 0 Å². The summed E-state index contributed by atoms with van der Waals surface area (Å²) in [7, 11) is 0. The highest BCUT2D eigenvalue weighted by Gasteiger charge is 2.25. The summed E-state index contributed by atoms with van der Waals surface area (Å²) in [6.45, 7) is 0. The summed E-state index contributed by atoms with van der Waals surface area (Å²) in [5.74, 6) is 0.0373. The van der Waals surface area contributed by atoms with Gasteiger partial charge in [0.05, 0.1) is 11.4 Å². The number of benzene rings is 1. The summed E-state index contributed by atoms with van der Waals surface area (Å²) < 4.78 is 1.64. The van der Waals surface area contributed by atoms with Gasteiger partial charge in [0.15, 0.2) is 0 Å². The molecule has 1 amide bonds. The zero-order chi connectivity index (χ0) is 14.7. The summed E-state index contributed by atoms with van der Waals surface area (Å²) in [6, 6.07) is 7.71. The van der Waals surface area contributed by atoms with Crippen LogP contribution in [0.4, 0.5) is 5.69 Å². The molecule has 0 bridgehead atoms. The van der Waals surface area contributed by atoms with Crippen LogP contribution in [0.2, 0.25) is 0 Å². The summed E-state index contributed by atoms with van der Waals surface area (Å²) in [5.41, 5.74) is 7.51. The van der Waals surface area contributed by atoms with Gasteiger partial charge in [-0.25, -0.2) is 9.67 Å². The van der Waals surface area contributed by atoms with Gasteiger partial charge in [-0.05, 0) is 31.4 Å². The predicted octanol–water partition coefficient (Wildman–Crippen LogP) is 1.72. The van der Waals surface area contributed by atoms with Gasteiger partial charge in [-0.1, -0.05) is 18.6 Å². The number of para-hydroxylation sites is 2. The van der Waals surface area contributed by atoms with Crippen LogP contribution in [0.3, 0.4) is 0 Å². The Morgan fingerprint density at radius 1 is 1.33 bits per heavy atom. The second-order valence-electron chi connectivity index (χ2n) is 5.47. The third-order valence-electron chi connectivity index (χ3n) is 3.91. The van der Waals surface area contributed by atoms with Crippen LogP contribution in [-0.2, 0) is 4.79 Å². The van der Waals surface area contributed by atoms with Crippen LogP contribution in [0.5, 0.6) is 0 Å². The molecule has 1 heterocycles. The zero-order valence-electron chi connectivity index (χ0n) is 11.8. The van der Waals surface area contributed by atoms with Crippen molar-refractivity contribution in [2.75, 3.05) is 5.32 Å². The van der Waals surface area contributed by atoms with E-state index in [1.165, 1.54) is 6.33 Å². The first kappa shape index (κ1) is 13.8. The zero-order valence-corrected chi connectivity index (χ0v) is 11.8. The molecule has 2 atom stereocenters. The minimum absolute atomic E-state index is 0.00227. The summed E-state index contributed by atoms with van der Waals surface area (Å²) in [5, 5.41) is 7.12. The van der Waals surface area contributed by atoms with Crippen molar-refractivity contribution in [2.45, 2.75) is 31.7 Å². The minimum atomic E-state index is -0.00227. The van der Waals surface area contributed by atoms with E-state index >= 15 is 0 Å². The Balaban J connectivity index is 1.77. The fourth-order valence-electron chi connectivity index (χ4n) is 2.81. The number of hydrogen-bond donors (Lipinski definition) is 2. The molecule has 1 fully saturated rings. The Labute approximate surface area is 123 Å². The smallest absolute Gasteiger partial charge is 0.227 e. The van der Waals surface area contributed by atoms with Gasteiger partial charge < -0.3 is 11.1 Å². The number of nitrogens with zero attached hydrogens (tertiary/aromatic N) is 3. The molecule has 0 spiro atoms. The summed E-state index contributed by atoms with van der Waals surface area (Å²) >= 11 is 0. The van der Waals surface area contributed by atoms with E-state index in [0.717, 1.165) is 37.1 Å². The molecular weight excluding hydrogens is 266 g/mol. The number of nitrogens with one attached hydrogen (secondary N) is 1. The molecule has 1 aliphatic rings. The van der Waals surface area contributed by atoms with Gasteiger partial charge in [-0.15, -0.1) is 0 Å². The van der Waals surface area contributed by atoms with Gasteiger partial charge in [0.2, 0.25) is 5.91 Å². The van der Waals surface area contributed by atoms with E-state index in [4.69, 9.17) is 5.73 Å². The number of carbonyl (C=O) groups is 1. The van der Waals surface area contributed by atoms with Gasteiger partial charge in [0.25, 0.3) is 0 Å². The Bertz CT molecular complexity index is 610. The van der Waals surface area contributed by atoms with Crippen LogP contribution in [0.15, 0.2) is 36.9 Å². The van der Waals surface area contributed by atoms with Crippen molar-refractivity contribution >= 4 is 11.6 Å². The highest BCUT2D eigenvalue weighted by Crippen LogP contribution is 2.26. The molecule has 21 heavy (non-hydrogen) atoms. The number of rotatable bonds is 3. The number of aromatic nitrogens is 3. The van der Waals surface area contributed by atoms with Crippen LogP contribution < -0.4 is 11.1 Å². The van der Waals surface area contributed by atoms with Crippen molar-refractivity contribution in [3.63, 3.8) is 0 Å². The molecule has 0 saturated heterocycles. The van der Waals surface area contributed by atoms with Crippen molar-refractivity contribution < 1.29 is 4.79 Å². The highest BCUT2D eigenvalue weighted by molar-refractivity contribution is 5.94. The van der Waals surface area contributed by atoms with E-state index in [-0.39, 0.29) is 17.9 Å². The van der Waals surface area contributed by atoms with E-state index in [1.807, 2.05) is 24.3 Å². The number of amides is 1. The molecular formula is C15H19N5O. The average Bonchev–Trinajstić information content (AvgIpc) is 3.02. The van der Waals surface area contributed by atoms with Crippen LogP contribution in [0, 0.1) is 5.92 Å². The summed E-state index contributed by atoms with van der Waals surface area (Å²) in [4.78, 5) is 16.4. The molecule has 0 radical (unpaired) electrons. The van der Waals surface area contributed by atoms with Gasteiger partial charge in [-0.3, -0.25) is 4.79 Å². The van der Waals surface area contributed by atoms with E-state index < -0.39 is 0 Å². The van der Waals surface area contributed by atoms with Gasteiger partial charge >= 0.3 is 0 Å². The SMILES string of the molecule is NC1CCCC(C(=O)Nc2ccccc2-n2cncn2)C1. The minimum Gasteiger partial charge on any atom is -0.328 e. The van der Waals surface area contributed by atoms with E-state index in [0.29, 0.717) is 0 Å². The quantitative estimate of drug-likeness (QED) is 0.899. The Hall–Kier alpha value is -2.21. The third-order valence-corrected chi connectivity index (χ3v) is 3.91. The Morgan fingerprint density at radius 2 is 2.19 bits per heavy atom. The van der Waals surface area contributed by atoms with E-state index in [2.05, 4.69) is 15.4 Å². The standard InChI is InChI=1S/C15H19N5O/c16-12-5-3-4-11(8-12)15(21)19-13-6-1-2-7-14(13)20-10-17-9-18-20/h1-2,6-7,9-12H,3-5,8,16H2,(H,19,21). The predicted molar refractivity (Wildman–Crippen MR) is 79.9 cm³/mol. The Morgan fingerprint density at radius 3 is 2.95 bits per heavy atom. The second kappa shape index (κ2) is 6.05.